The van der Waals surface area contributed by atoms with Gasteiger partial charge in [0.05, 0.1) is 11.9 Å². The van der Waals surface area contributed by atoms with Gasteiger partial charge in [0.2, 0.25) is 11.8 Å². The van der Waals surface area contributed by atoms with Crippen LogP contribution in [0.15, 0.2) is 17.4 Å². The second kappa shape index (κ2) is 12.1. The number of nitrogens with one attached hydrogen (secondary N) is 1. The summed E-state index contributed by atoms with van der Waals surface area (Å²) < 4.78 is 1.70. The van der Waals surface area contributed by atoms with E-state index in [1.54, 1.807) is 15.8 Å². The maximum Gasteiger partial charge on any atom is 0.246 e. The Balaban J connectivity index is 0.00000320. The van der Waals surface area contributed by atoms with Crippen LogP contribution in [0.4, 0.5) is 5.69 Å². The number of hydrogen-bond acceptors (Lipinski definition) is 4. The molecule has 1 aromatic heterocycles. The van der Waals surface area contributed by atoms with Crippen LogP contribution in [0.5, 0.6) is 0 Å². The maximum atomic E-state index is 12.6. The quantitative estimate of drug-likeness (QED) is 0.260. The van der Waals surface area contributed by atoms with Gasteiger partial charge in [-0.25, -0.2) is 0 Å². The summed E-state index contributed by atoms with van der Waals surface area (Å²) in [6.45, 7) is 6.67. The summed E-state index contributed by atoms with van der Waals surface area (Å²) in [5.41, 5.74) is 0.834. The van der Waals surface area contributed by atoms with E-state index in [0.29, 0.717) is 26.1 Å². The van der Waals surface area contributed by atoms with Crippen LogP contribution in [-0.4, -0.2) is 83.2 Å². The molecule has 0 radical (unpaired) electrons. The molecular weight excluding hydrogens is 497 g/mol. The minimum atomic E-state index is 0. The zero-order chi connectivity index (χ0) is 20.6. The van der Waals surface area contributed by atoms with Gasteiger partial charge in [0.1, 0.15) is 6.54 Å². The number of carbonyl (C=O) groups excluding carboxylic acids is 2. The number of guanidine groups is 1. The predicted octanol–water partition coefficient (Wildman–Crippen LogP) is 1.44. The van der Waals surface area contributed by atoms with Gasteiger partial charge in [-0.2, -0.15) is 5.10 Å². The number of aliphatic imine (C=N–C) groups is 1. The number of rotatable bonds is 6. The van der Waals surface area contributed by atoms with Gasteiger partial charge in [0.25, 0.3) is 0 Å². The van der Waals surface area contributed by atoms with E-state index >= 15 is 0 Å². The van der Waals surface area contributed by atoms with Crippen molar-refractivity contribution in [2.24, 2.45) is 12.0 Å². The normalized spacial score (nSPS) is 18.3. The molecule has 3 heterocycles. The van der Waals surface area contributed by atoms with Crippen molar-refractivity contribution in [3.05, 3.63) is 12.4 Å². The molecule has 0 unspecified atom stereocenters. The van der Waals surface area contributed by atoms with Crippen molar-refractivity contribution in [1.82, 2.24) is 24.9 Å². The summed E-state index contributed by atoms with van der Waals surface area (Å²) in [7, 11) is 1.85. The smallest absolute Gasteiger partial charge is 0.246 e. The molecule has 3 rings (SSSR count). The first-order valence-corrected chi connectivity index (χ1v) is 10.7. The SMILES string of the molecule is CCNC(=NCCCN1CCCCCC1=O)N1CCN(c2cnn(C)c2)C(=O)C1.I. The number of anilines is 1. The van der Waals surface area contributed by atoms with Crippen LogP contribution >= 0.6 is 24.0 Å². The molecule has 168 valence electrons. The van der Waals surface area contributed by atoms with E-state index in [2.05, 4.69) is 10.4 Å². The van der Waals surface area contributed by atoms with E-state index in [-0.39, 0.29) is 35.8 Å². The average molecular weight is 531 g/mol. The Morgan fingerprint density at radius 3 is 2.70 bits per heavy atom. The molecule has 1 aromatic rings. The third-order valence-corrected chi connectivity index (χ3v) is 5.38. The highest BCUT2D eigenvalue weighted by atomic mass is 127. The van der Waals surface area contributed by atoms with Crippen LogP contribution in [0.25, 0.3) is 0 Å². The predicted molar refractivity (Wildman–Crippen MR) is 128 cm³/mol. The number of halogens is 1. The number of likely N-dealkylation sites (tertiary alicyclic amines) is 1. The summed E-state index contributed by atoms with van der Waals surface area (Å²) in [6.07, 6.45) is 8.34. The van der Waals surface area contributed by atoms with Gasteiger partial charge >= 0.3 is 0 Å². The summed E-state index contributed by atoms with van der Waals surface area (Å²) in [5.74, 6) is 1.09. The zero-order valence-electron chi connectivity index (χ0n) is 18.0. The van der Waals surface area contributed by atoms with E-state index in [4.69, 9.17) is 4.99 Å². The molecule has 2 aliphatic rings. The molecule has 9 nitrogen and oxygen atoms in total. The Morgan fingerprint density at radius 1 is 1.17 bits per heavy atom. The van der Waals surface area contributed by atoms with Crippen molar-refractivity contribution < 1.29 is 9.59 Å². The number of aromatic nitrogens is 2. The highest BCUT2D eigenvalue weighted by Gasteiger charge is 2.27. The highest BCUT2D eigenvalue weighted by molar-refractivity contribution is 14.0. The molecule has 2 fully saturated rings. The van der Waals surface area contributed by atoms with Gasteiger partial charge < -0.3 is 20.0 Å². The van der Waals surface area contributed by atoms with Crippen LogP contribution in [0.2, 0.25) is 0 Å². The van der Waals surface area contributed by atoms with Crippen molar-refractivity contribution in [2.75, 3.05) is 50.7 Å². The monoisotopic (exact) mass is 531 g/mol. The van der Waals surface area contributed by atoms with Crippen LogP contribution in [0.3, 0.4) is 0 Å². The standard InChI is InChI=1S/C20H33N7O2.HI/c1-3-21-20(22-9-7-11-25-10-6-4-5-8-18(25)28)26-12-13-27(19(29)16-26)17-14-23-24(2)15-17;/h14-15H,3-13,16H2,1-2H3,(H,21,22);1H. The topological polar surface area (TPSA) is 86.1 Å². The lowest BCUT2D eigenvalue weighted by molar-refractivity contribution is -0.130. The number of piperazine rings is 1. The first-order chi connectivity index (χ1) is 14.1. The van der Waals surface area contributed by atoms with E-state index in [0.717, 1.165) is 63.5 Å². The molecule has 0 aliphatic carbocycles. The van der Waals surface area contributed by atoms with Gasteiger partial charge in [-0.15, -0.1) is 24.0 Å². The third kappa shape index (κ3) is 6.58. The molecule has 0 atom stereocenters. The van der Waals surface area contributed by atoms with Gasteiger partial charge in [0, 0.05) is 58.9 Å². The Hall–Kier alpha value is -1.85. The fourth-order valence-electron chi connectivity index (χ4n) is 3.82. The van der Waals surface area contributed by atoms with Gasteiger partial charge in [-0.3, -0.25) is 19.3 Å². The minimum absolute atomic E-state index is 0. The molecule has 10 heteroatoms. The zero-order valence-corrected chi connectivity index (χ0v) is 20.4. The second-order valence-corrected chi connectivity index (χ2v) is 7.62. The summed E-state index contributed by atoms with van der Waals surface area (Å²) >= 11 is 0. The number of amides is 2. The fourth-order valence-corrected chi connectivity index (χ4v) is 3.82. The fraction of sp³-hybridized carbons (Fsp3) is 0.700. The van der Waals surface area contributed by atoms with E-state index in [1.165, 1.54) is 0 Å². The molecule has 2 saturated heterocycles. The lowest BCUT2D eigenvalue weighted by Gasteiger charge is -2.35. The molecule has 30 heavy (non-hydrogen) atoms. The Labute approximate surface area is 195 Å². The van der Waals surface area contributed by atoms with Gasteiger partial charge in [-0.1, -0.05) is 6.42 Å². The van der Waals surface area contributed by atoms with Crippen LogP contribution in [0, 0.1) is 0 Å². The Kier molecular flexibility index (Phi) is 9.86. The molecule has 1 N–H and O–H groups in total. The first-order valence-electron chi connectivity index (χ1n) is 10.7. The first kappa shape index (κ1) is 24.4. The summed E-state index contributed by atoms with van der Waals surface area (Å²) in [4.78, 5) is 35.2. The largest absolute Gasteiger partial charge is 0.357 e. The number of hydrogen-bond donors (Lipinski definition) is 1. The van der Waals surface area contributed by atoms with Crippen LogP contribution in [0.1, 0.15) is 39.0 Å². The lowest BCUT2D eigenvalue weighted by Crippen LogP contribution is -2.55. The molecule has 2 amide bonds. The molecule has 0 saturated carbocycles. The van der Waals surface area contributed by atoms with Crippen molar-refractivity contribution in [1.29, 1.82) is 0 Å². The van der Waals surface area contributed by atoms with Crippen molar-refractivity contribution in [3.63, 3.8) is 0 Å². The Bertz CT molecular complexity index is 736. The van der Waals surface area contributed by atoms with Crippen molar-refractivity contribution >= 4 is 47.4 Å². The van der Waals surface area contributed by atoms with Crippen LogP contribution in [-0.2, 0) is 16.6 Å². The van der Waals surface area contributed by atoms with Crippen molar-refractivity contribution in [2.45, 2.75) is 39.0 Å². The highest BCUT2D eigenvalue weighted by Crippen LogP contribution is 2.16. The number of aryl methyl sites for hydroxylation is 1. The Morgan fingerprint density at radius 2 is 2.00 bits per heavy atom. The molecule has 0 bridgehead atoms. The van der Waals surface area contributed by atoms with E-state index in [9.17, 15) is 9.59 Å². The van der Waals surface area contributed by atoms with Gasteiger partial charge in [0.15, 0.2) is 5.96 Å². The average Bonchev–Trinajstić information content (AvgIpc) is 3.03. The van der Waals surface area contributed by atoms with Gasteiger partial charge in [-0.05, 0) is 26.2 Å². The second-order valence-electron chi connectivity index (χ2n) is 7.62. The van der Waals surface area contributed by atoms with E-state index in [1.807, 2.05) is 30.0 Å². The summed E-state index contributed by atoms with van der Waals surface area (Å²) in [5, 5.41) is 7.45. The maximum absolute atomic E-state index is 12.6. The number of carbonyl (C=O) groups is 2. The van der Waals surface area contributed by atoms with E-state index < -0.39 is 0 Å². The lowest BCUT2D eigenvalue weighted by atomic mass is 10.2. The summed E-state index contributed by atoms with van der Waals surface area (Å²) in [6, 6.07) is 0. The minimum Gasteiger partial charge on any atom is -0.357 e. The molecule has 0 aromatic carbocycles. The molecule has 2 aliphatic heterocycles. The molecule has 0 spiro atoms. The van der Waals surface area contributed by atoms with Crippen molar-refractivity contribution in [3.8, 4) is 0 Å². The van der Waals surface area contributed by atoms with Crippen LogP contribution < -0.4 is 10.2 Å². The number of nitrogens with zero attached hydrogens (tertiary/aromatic N) is 6. The molecular formula is C20H34IN7O2. The third-order valence-electron chi connectivity index (χ3n) is 5.38.